The summed E-state index contributed by atoms with van der Waals surface area (Å²) >= 11 is 5.35. The fourth-order valence-corrected chi connectivity index (χ4v) is 4.31. The maximum absolute atomic E-state index is 5.96. The molecule has 4 heteroatoms. The van der Waals surface area contributed by atoms with Crippen LogP contribution in [0.4, 0.5) is 0 Å². The first-order valence-corrected chi connectivity index (χ1v) is 8.05. The van der Waals surface area contributed by atoms with Gasteiger partial charge in [-0.3, -0.25) is 4.90 Å². The van der Waals surface area contributed by atoms with E-state index in [4.69, 9.17) is 5.73 Å². The second kappa shape index (κ2) is 6.32. The van der Waals surface area contributed by atoms with Crippen molar-refractivity contribution in [3.63, 3.8) is 0 Å². The Hall–Kier alpha value is 0.1000. The third-order valence-electron chi connectivity index (χ3n) is 3.60. The summed E-state index contributed by atoms with van der Waals surface area (Å²) in [5.74, 6) is 0.887. The lowest BCUT2D eigenvalue weighted by Gasteiger charge is -2.25. The van der Waals surface area contributed by atoms with Crippen molar-refractivity contribution in [2.75, 3.05) is 19.6 Å². The van der Waals surface area contributed by atoms with Crippen molar-refractivity contribution in [1.29, 1.82) is 0 Å². The van der Waals surface area contributed by atoms with Gasteiger partial charge in [0.15, 0.2) is 0 Å². The van der Waals surface area contributed by atoms with E-state index in [0.717, 1.165) is 12.5 Å². The van der Waals surface area contributed by atoms with Crippen LogP contribution in [0.2, 0.25) is 0 Å². The summed E-state index contributed by atoms with van der Waals surface area (Å²) in [5.41, 5.74) is 5.96. The number of hydrogen-bond acceptors (Lipinski definition) is 3. The number of thiophene rings is 1. The van der Waals surface area contributed by atoms with Crippen LogP contribution in [0.15, 0.2) is 15.9 Å². The highest BCUT2D eigenvalue weighted by atomic mass is 79.9. The van der Waals surface area contributed by atoms with Crippen LogP contribution in [-0.4, -0.2) is 24.5 Å². The number of hydrogen-bond donors (Lipinski definition) is 1. The lowest BCUT2D eigenvalue weighted by molar-refractivity contribution is 0.243. The number of nitrogens with zero attached hydrogens (tertiary/aromatic N) is 1. The predicted molar refractivity (Wildman–Crippen MR) is 78.4 cm³/mol. The lowest BCUT2D eigenvalue weighted by atomic mass is 10.0. The van der Waals surface area contributed by atoms with Crippen LogP contribution >= 0.6 is 27.3 Å². The summed E-state index contributed by atoms with van der Waals surface area (Å²) in [7, 11) is 0. The molecule has 0 spiro atoms. The van der Waals surface area contributed by atoms with Gasteiger partial charge in [0.05, 0.1) is 9.83 Å². The molecule has 1 aliphatic heterocycles. The van der Waals surface area contributed by atoms with Crippen LogP contribution in [0, 0.1) is 5.92 Å². The highest BCUT2D eigenvalue weighted by Gasteiger charge is 2.28. The number of likely N-dealkylation sites (tertiary alicyclic amines) is 1. The molecule has 1 aromatic rings. The van der Waals surface area contributed by atoms with Gasteiger partial charge in [0, 0.05) is 18.0 Å². The minimum atomic E-state index is 0.424. The SMILES string of the molecule is CCCC1CCN(C(CN)c2ccc(Br)s2)C1. The van der Waals surface area contributed by atoms with E-state index in [1.165, 1.54) is 41.0 Å². The standard InChI is InChI=1S/C13H21BrN2S/c1-2-3-10-6-7-16(9-10)11(8-15)12-4-5-13(14)17-12/h4-5,10-11H,2-3,6-9,15H2,1H3. The second-order valence-corrected chi connectivity index (χ2v) is 7.33. The first kappa shape index (κ1) is 13.5. The van der Waals surface area contributed by atoms with Crippen LogP contribution in [-0.2, 0) is 0 Å². The van der Waals surface area contributed by atoms with Gasteiger partial charge in [-0.2, -0.15) is 0 Å². The van der Waals surface area contributed by atoms with Crippen LogP contribution in [0.3, 0.4) is 0 Å². The van der Waals surface area contributed by atoms with E-state index in [2.05, 4.69) is 39.9 Å². The number of nitrogens with two attached hydrogens (primary N) is 1. The first-order chi connectivity index (χ1) is 8.24. The van der Waals surface area contributed by atoms with Gasteiger partial charge in [-0.25, -0.2) is 0 Å². The molecule has 96 valence electrons. The van der Waals surface area contributed by atoms with E-state index in [0.29, 0.717) is 6.04 Å². The molecule has 2 unspecified atom stereocenters. The fourth-order valence-electron chi connectivity index (χ4n) is 2.74. The molecule has 2 nitrogen and oxygen atoms in total. The maximum atomic E-state index is 5.96. The van der Waals surface area contributed by atoms with Crippen LogP contribution in [0.5, 0.6) is 0 Å². The fraction of sp³-hybridized carbons (Fsp3) is 0.692. The Labute approximate surface area is 116 Å². The summed E-state index contributed by atoms with van der Waals surface area (Å²) in [6.07, 6.45) is 4.01. The summed E-state index contributed by atoms with van der Waals surface area (Å²) in [6.45, 7) is 5.44. The van der Waals surface area contributed by atoms with Crippen LogP contribution in [0.1, 0.15) is 37.1 Å². The molecule has 1 aromatic heterocycles. The highest BCUT2D eigenvalue weighted by molar-refractivity contribution is 9.11. The summed E-state index contributed by atoms with van der Waals surface area (Å²) in [5, 5.41) is 0. The molecule has 2 atom stereocenters. The molecule has 17 heavy (non-hydrogen) atoms. The number of halogens is 1. The monoisotopic (exact) mass is 316 g/mol. The largest absolute Gasteiger partial charge is 0.329 e. The van der Waals surface area contributed by atoms with Crippen molar-refractivity contribution in [3.8, 4) is 0 Å². The highest BCUT2D eigenvalue weighted by Crippen LogP contribution is 2.34. The Kier molecular flexibility index (Phi) is 5.03. The van der Waals surface area contributed by atoms with Gasteiger partial charge in [-0.1, -0.05) is 13.3 Å². The van der Waals surface area contributed by atoms with Gasteiger partial charge in [0.2, 0.25) is 0 Å². The maximum Gasteiger partial charge on any atom is 0.0702 e. The summed E-state index contributed by atoms with van der Waals surface area (Å²) in [4.78, 5) is 3.97. The van der Waals surface area contributed by atoms with E-state index in [1.54, 1.807) is 0 Å². The molecule has 2 N–H and O–H groups in total. The molecular weight excluding hydrogens is 296 g/mol. The van der Waals surface area contributed by atoms with Crippen molar-refractivity contribution in [3.05, 3.63) is 20.8 Å². The molecule has 1 saturated heterocycles. The Balaban J connectivity index is 2.00. The van der Waals surface area contributed by atoms with Crippen molar-refractivity contribution in [1.82, 2.24) is 4.90 Å². The Morgan fingerprint density at radius 2 is 2.41 bits per heavy atom. The third kappa shape index (κ3) is 3.31. The van der Waals surface area contributed by atoms with Gasteiger partial charge in [0.25, 0.3) is 0 Å². The molecule has 2 rings (SSSR count). The Bertz CT molecular complexity index is 353. The molecular formula is C13H21BrN2S. The topological polar surface area (TPSA) is 29.3 Å². The quantitative estimate of drug-likeness (QED) is 0.898. The minimum absolute atomic E-state index is 0.424. The summed E-state index contributed by atoms with van der Waals surface area (Å²) in [6, 6.07) is 4.76. The van der Waals surface area contributed by atoms with Crippen LogP contribution < -0.4 is 5.73 Å². The second-order valence-electron chi connectivity index (χ2n) is 4.83. The lowest BCUT2D eigenvalue weighted by Crippen LogP contribution is -2.31. The molecule has 0 aliphatic carbocycles. The van der Waals surface area contributed by atoms with Crippen molar-refractivity contribution in [2.45, 2.75) is 32.2 Å². The van der Waals surface area contributed by atoms with E-state index < -0.39 is 0 Å². The van der Waals surface area contributed by atoms with E-state index in [1.807, 2.05) is 11.3 Å². The molecule has 0 amide bonds. The normalized spacial score (nSPS) is 23.1. The zero-order chi connectivity index (χ0) is 12.3. The average molecular weight is 317 g/mol. The molecule has 2 heterocycles. The van der Waals surface area contributed by atoms with Gasteiger partial charge < -0.3 is 5.73 Å². The van der Waals surface area contributed by atoms with Gasteiger partial charge in [-0.05, 0) is 53.4 Å². The average Bonchev–Trinajstić information content (AvgIpc) is 2.91. The molecule has 1 aliphatic rings. The molecule has 1 fully saturated rings. The van der Waals surface area contributed by atoms with Gasteiger partial charge >= 0.3 is 0 Å². The molecule has 0 saturated carbocycles. The smallest absolute Gasteiger partial charge is 0.0702 e. The minimum Gasteiger partial charge on any atom is -0.329 e. The van der Waals surface area contributed by atoms with Crippen molar-refractivity contribution in [2.24, 2.45) is 11.7 Å². The van der Waals surface area contributed by atoms with Crippen molar-refractivity contribution < 1.29 is 0 Å². The zero-order valence-corrected chi connectivity index (χ0v) is 12.8. The van der Waals surface area contributed by atoms with Gasteiger partial charge in [-0.15, -0.1) is 11.3 Å². The molecule has 0 bridgehead atoms. The number of rotatable bonds is 5. The van der Waals surface area contributed by atoms with E-state index >= 15 is 0 Å². The van der Waals surface area contributed by atoms with Crippen LogP contribution in [0.25, 0.3) is 0 Å². The Morgan fingerprint density at radius 3 is 3.00 bits per heavy atom. The third-order valence-corrected chi connectivity index (χ3v) is 5.33. The van der Waals surface area contributed by atoms with Crippen molar-refractivity contribution >= 4 is 27.3 Å². The predicted octanol–water partition coefficient (Wildman–Crippen LogP) is 3.63. The zero-order valence-electron chi connectivity index (χ0n) is 10.4. The summed E-state index contributed by atoms with van der Waals surface area (Å²) < 4.78 is 1.20. The van der Waals surface area contributed by atoms with E-state index in [9.17, 15) is 0 Å². The van der Waals surface area contributed by atoms with Gasteiger partial charge in [0.1, 0.15) is 0 Å². The van der Waals surface area contributed by atoms with E-state index in [-0.39, 0.29) is 0 Å². The first-order valence-electron chi connectivity index (χ1n) is 6.44. The molecule has 0 radical (unpaired) electrons. The Morgan fingerprint density at radius 1 is 1.59 bits per heavy atom. The molecule has 0 aromatic carbocycles.